The molecule has 0 spiro atoms. The molecule has 5 rings (SSSR count). The summed E-state index contributed by atoms with van der Waals surface area (Å²) >= 11 is 0. The van der Waals surface area contributed by atoms with Gasteiger partial charge in [0.25, 0.3) is 0 Å². The third kappa shape index (κ3) is 2.94. The summed E-state index contributed by atoms with van der Waals surface area (Å²) in [5, 5.41) is 66.5. The van der Waals surface area contributed by atoms with Gasteiger partial charge in [-0.2, -0.15) is 0 Å². The molecule has 0 bridgehead atoms. The highest BCUT2D eigenvalue weighted by Gasteiger charge is 2.75. The van der Waals surface area contributed by atoms with Gasteiger partial charge in [0.1, 0.15) is 11.9 Å². The van der Waals surface area contributed by atoms with Crippen molar-refractivity contribution in [3.63, 3.8) is 0 Å². The highest BCUT2D eigenvalue weighted by molar-refractivity contribution is 5.89. The van der Waals surface area contributed by atoms with Crippen LogP contribution in [0.1, 0.15) is 66.7 Å². The Hall–Kier alpha value is -0.570. The average Bonchev–Trinajstić information content (AvgIpc) is 3.15. The first kappa shape index (κ1) is 25.1. The van der Waals surface area contributed by atoms with Crippen LogP contribution in [0.3, 0.4) is 0 Å². The minimum Gasteiger partial charge on any atom is -0.390 e. The van der Waals surface area contributed by atoms with Gasteiger partial charge in [-0.15, -0.1) is 0 Å². The molecule has 5 aliphatic carbocycles. The van der Waals surface area contributed by atoms with E-state index >= 15 is 0 Å². The molecule has 0 aliphatic heterocycles. The zero-order valence-electron chi connectivity index (χ0n) is 21.1. The van der Waals surface area contributed by atoms with E-state index in [1.54, 1.807) is 0 Å². The fourth-order valence-electron chi connectivity index (χ4n) is 10.5. The second kappa shape index (κ2) is 7.72. The van der Waals surface area contributed by atoms with Gasteiger partial charge in [0.05, 0.1) is 35.9 Å². The second-order valence-corrected chi connectivity index (χ2v) is 13.7. The molecule has 0 saturated heterocycles. The highest BCUT2D eigenvalue weighted by Crippen LogP contribution is 2.71. The van der Waals surface area contributed by atoms with Crippen molar-refractivity contribution in [1.29, 1.82) is 0 Å². The van der Waals surface area contributed by atoms with Gasteiger partial charge in [-0.1, -0.05) is 34.6 Å². The summed E-state index contributed by atoms with van der Waals surface area (Å²) in [4.78, 5) is 14.2. The molecular weight excluding hydrogens is 436 g/mol. The quantitative estimate of drug-likeness (QED) is 0.348. The molecule has 194 valence electrons. The van der Waals surface area contributed by atoms with Gasteiger partial charge < -0.3 is 30.6 Å². The molecule has 0 aromatic rings. The van der Waals surface area contributed by atoms with E-state index in [0.717, 1.165) is 6.42 Å². The number of rotatable bonds is 2. The first-order valence-electron chi connectivity index (χ1n) is 13.4. The lowest BCUT2D eigenvalue weighted by Crippen LogP contribution is -2.71. The number of hydrogen-bond donors (Lipinski definition) is 6. The van der Waals surface area contributed by atoms with Crippen LogP contribution < -0.4 is 0 Å². The second-order valence-electron chi connectivity index (χ2n) is 13.7. The maximum absolute atomic E-state index is 14.2. The summed E-state index contributed by atoms with van der Waals surface area (Å²) in [7, 11) is 0. The molecule has 5 fully saturated rings. The fourth-order valence-corrected chi connectivity index (χ4v) is 10.5. The molecule has 0 heterocycles. The molecular formula is C27H44O7. The lowest BCUT2D eigenvalue weighted by molar-refractivity contribution is -0.272. The van der Waals surface area contributed by atoms with Gasteiger partial charge in [0.15, 0.2) is 0 Å². The molecule has 5 saturated carbocycles. The van der Waals surface area contributed by atoms with Crippen LogP contribution in [-0.2, 0) is 4.79 Å². The van der Waals surface area contributed by atoms with E-state index < -0.39 is 70.6 Å². The van der Waals surface area contributed by atoms with Crippen LogP contribution in [0.15, 0.2) is 0 Å². The first-order valence-corrected chi connectivity index (χ1v) is 13.4. The van der Waals surface area contributed by atoms with E-state index in [1.165, 1.54) is 0 Å². The highest BCUT2D eigenvalue weighted by atomic mass is 16.4. The summed E-state index contributed by atoms with van der Waals surface area (Å²) in [5.74, 6) is -1.94. The molecule has 34 heavy (non-hydrogen) atoms. The van der Waals surface area contributed by atoms with Crippen molar-refractivity contribution in [3.05, 3.63) is 0 Å². The van der Waals surface area contributed by atoms with Crippen LogP contribution in [0.5, 0.6) is 0 Å². The molecule has 15 atom stereocenters. The minimum absolute atomic E-state index is 0.00822. The number of Topliss-reactive ketones (excluding diaryl/α,β-unsaturated/α-hetero) is 1. The third-order valence-corrected chi connectivity index (χ3v) is 11.5. The van der Waals surface area contributed by atoms with Crippen molar-refractivity contribution >= 4 is 5.78 Å². The number of aliphatic hydroxyl groups excluding tert-OH is 5. The van der Waals surface area contributed by atoms with E-state index in [-0.39, 0.29) is 35.9 Å². The van der Waals surface area contributed by atoms with Gasteiger partial charge in [-0.25, -0.2) is 0 Å². The maximum atomic E-state index is 14.2. The lowest BCUT2D eigenvalue weighted by atomic mass is 9.42. The standard InChI is InChI=1S/C27H44O7/c1-11(2)9-27(34)10-12(3)17-19(27)23(32)18-16-13(6-7-25(17,18)4)26(5)14(20(29)22(16)31)8-15(28)21(30)24(26)33/h11-22,24,28-31,33-34H,6-10H2,1-5H3/t12-,13?,14-,15+,16?,17+,18+,19-,20-,21?,22-,24-,25-,26-,27+/m1/s1. The number of hydrogen-bond acceptors (Lipinski definition) is 7. The predicted molar refractivity (Wildman–Crippen MR) is 124 cm³/mol. The van der Waals surface area contributed by atoms with Crippen LogP contribution in [-0.4, -0.2) is 72.5 Å². The number of carbonyl (C=O) groups is 1. The molecule has 6 N–H and O–H groups in total. The van der Waals surface area contributed by atoms with E-state index in [9.17, 15) is 35.4 Å². The fraction of sp³-hybridized carbons (Fsp3) is 0.963. The van der Waals surface area contributed by atoms with Crippen molar-refractivity contribution in [3.8, 4) is 0 Å². The van der Waals surface area contributed by atoms with E-state index in [1.807, 2.05) is 6.92 Å². The number of carbonyl (C=O) groups excluding carboxylic acids is 1. The molecule has 0 amide bonds. The molecule has 3 unspecified atom stereocenters. The maximum Gasteiger partial charge on any atom is 0.143 e. The first-order chi connectivity index (χ1) is 15.7. The Morgan fingerprint density at radius 1 is 0.971 bits per heavy atom. The van der Waals surface area contributed by atoms with Crippen LogP contribution >= 0.6 is 0 Å². The van der Waals surface area contributed by atoms with Gasteiger partial charge in [0.2, 0.25) is 0 Å². The smallest absolute Gasteiger partial charge is 0.143 e. The Balaban J connectivity index is 1.58. The minimum atomic E-state index is -1.33. The Morgan fingerprint density at radius 3 is 2.24 bits per heavy atom. The Labute approximate surface area is 202 Å². The number of fused-ring (bicyclic) bond motifs is 7. The van der Waals surface area contributed by atoms with E-state index in [0.29, 0.717) is 19.3 Å². The predicted octanol–water partition coefficient (Wildman–Crippen LogP) is 1.11. The molecule has 0 radical (unpaired) electrons. The molecule has 0 aromatic carbocycles. The Kier molecular flexibility index (Phi) is 5.70. The summed E-state index contributed by atoms with van der Waals surface area (Å²) in [6.45, 7) is 10.2. The largest absolute Gasteiger partial charge is 0.390 e. The monoisotopic (exact) mass is 480 g/mol. The third-order valence-electron chi connectivity index (χ3n) is 11.5. The van der Waals surface area contributed by atoms with Crippen molar-refractivity contribution in [2.75, 3.05) is 0 Å². The summed E-state index contributed by atoms with van der Waals surface area (Å²) in [6.07, 6.45) is -3.43. The van der Waals surface area contributed by atoms with Gasteiger partial charge >= 0.3 is 0 Å². The zero-order chi connectivity index (χ0) is 25.1. The van der Waals surface area contributed by atoms with Crippen LogP contribution in [0.2, 0.25) is 0 Å². The average molecular weight is 481 g/mol. The molecule has 7 nitrogen and oxygen atoms in total. The van der Waals surface area contributed by atoms with E-state index in [2.05, 4.69) is 27.7 Å². The number of aliphatic hydroxyl groups is 6. The van der Waals surface area contributed by atoms with Crippen LogP contribution in [0.25, 0.3) is 0 Å². The zero-order valence-corrected chi connectivity index (χ0v) is 21.1. The molecule has 5 aliphatic rings. The Morgan fingerprint density at radius 2 is 1.62 bits per heavy atom. The normalized spacial score (nSPS) is 61.1. The molecule has 7 heteroatoms. The van der Waals surface area contributed by atoms with Crippen LogP contribution in [0.4, 0.5) is 0 Å². The molecule has 0 aromatic heterocycles. The summed E-state index contributed by atoms with van der Waals surface area (Å²) in [6, 6.07) is 0. The van der Waals surface area contributed by atoms with Crippen molar-refractivity contribution in [2.24, 2.45) is 58.2 Å². The number of ketones is 1. The van der Waals surface area contributed by atoms with Gasteiger partial charge in [-0.3, -0.25) is 4.79 Å². The lowest BCUT2D eigenvalue weighted by Gasteiger charge is -2.64. The van der Waals surface area contributed by atoms with Crippen molar-refractivity contribution in [1.82, 2.24) is 0 Å². The summed E-state index contributed by atoms with van der Waals surface area (Å²) < 4.78 is 0. The van der Waals surface area contributed by atoms with Gasteiger partial charge in [-0.05, 0) is 67.1 Å². The van der Waals surface area contributed by atoms with Crippen molar-refractivity contribution in [2.45, 2.75) is 103 Å². The van der Waals surface area contributed by atoms with Crippen LogP contribution in [0, 0.1) is 58.2 Å². The topological polar surface area (TPSA) is 138 Å². The van der Waals surface area contributed by atoms with E-state index in [4.69, 9.17) is 0 Å². The Bertz CT molecular complexity index is 847. The van der Waals surface area contributed by atoms with Gasteiger partial charge in [0, 0.05) is 17.3 Å². The SMILES string of the molecule is CC(C)C[C@]1(O)C[C@@H](C)[C@H]2[C@@H]1C(=O)[C@@H]1C3C(CC[C@]21C)[C@@]1(C)[C@H](O)C(O)[C@@H](O)C[C@@H]1[C@@H](O)[C@@H]3O. The summed E-state index contributed by atoms with van der Waals surface area (Å²) in [5.41, 5.74) is -2.38. The van der Waals surface area contributed by atoms with Crippen molar-refractivity contribution < 1.29 is 35.4 Å².